The van der Waals surface area contributed by atoms with Crippen molar-refractivity contribution < 1.29 is 9.53 Å². The van der Waals surface area contributed by atoms with Crippen LogP contribution in [-0.4, -0.2) is 18.7 Å². The zero-order chi connectivity index (χ0) is 16.9. The lowest BCUT2D eigenvalue weighted by Gasteiger charge is -2.02. The molecule has 2 aromatic carbocycles. The number of halogens is 1. The number of benzene rings is 2. The van der Waals surface area contributed by atoms with E-state index in [0.717, 1.165) is 21.4 Å². The van der Waals surface area contributed by atoms with Crippen molar-refractivity contribution in [2.24, 2.45) is 5.10 Å². The van der Waals surface area contributed by atoms with E-state index >= 15 is 0 Å². The second-order valence-electron chi connectivity index (χ2n) is 4.94. The Bertz CT molecular complexity index is 888. The predicted octanol–water partition coefficient (Wildman–Crippen LogP) is 4.72. The van der Waals surface area contributed by atoms with Gasteiger partial charge in [-0.25, -0.2) is 5.43 Å². The molecule has 0 aliphatic rings. The molecule has 0 aliphatic carbocycles. The van der Waals surface area contributed by atoms with E-state index in [2.05, 4.69) is 10.5 Å². The fourth-order valence-electron chi connectivity index (χ4n) is 2.19. The summed E-state index contributed by atoms with van der Waals surface area (Å²) in [5.74, 6) is 0.485. The number of hydrogen-bond acceptors (Lipinski definition) is 4. The van der Waals surface area contributed by atoms with E-state index < -0.39 is 0 Å². The monoisotopic (exact) mass is 358 g/mol. The normalized spacial score (nSPS) is 11.1. The van der Waals surface area contributed by atoms with Crippen LogP contribution in [-0.2, 0) is 0 Å². The van der Waals surface area contributed by atoms with Crippen LogP contribution >= 0.6 is 22.9 Å². The Labute approximate surface area is 148 Å². The van der Waals surface area contributed by atoms with Crippen LogP contribution in [0.1, 0.15) is 22.2 Å². The molecule has 1 heterocycles. The molecule has 0 atom stereocenters. The van der Waals surface area contributed by atoms with Crippen LogP contribution in [0, 0.1) is 0 Å². The molecule has 4 nitrogen and oxygen atoms in total. The van der Waals surface area contributed by atoms with Crippen LogP contribution < -0.4 is 10.2 Å². The Hall–Kier alpha value is -2.37. The summed E-state index contributed by atoms with van der Waals surface area (Å²) in [6.45, 7) is 2.56. The SMILES string of the molecule is CCOc1ccc(/C=N\NC(=O)c2sc3ccccc3c2Cl)cc1. The Morgan fingerprint density at radius 3 is 2.71 bits per heavy atom. The maximum absolute atomic E-state index is 12.2. The molecule has 0 spiro atoms. The number of fused-ring (bicyclic) bond motifs is 1. The molecule has 0 unspecified atom stereocenters. The Morgan fingerprint density at radius 1 is 1.25 bits per heavy atom. The molecule has 1 N–H and O–H groups in total. The fourth-order valence-corrected chi connectivity index (χ4v) is 3.60. The molecule has 0 fully saturated rings. The number of nitrogens with one attached hydrogen (secondary N) is 1. The molecule has 24 heavy (non-hydrogen) atoms. The lowest BCUT2D eigenvalue weighted by Crippen LogP contribution is -2.16. The maximum Gasteiger partial charge on any atom is 0.283 e. The maximum atomic E-state index is 12.2. The predicted molar refractivity (Wildman–Crippen MR) is 99.5 cm³/mol. The van der Waals surface area contributed by atoms with Crippen LogP contribution in [0.4, 0.5) is 0 Å². The van der Waals surface area contributed by atoms with Crippen LogP contribution in [0.2, 0.25) is 5.02 Å². The highest BCUT2D eigenvalue weighted by Gasteiger charge is 2.16. The molecule has 1 aromatic heterocycles. The first kappa shape index (κ1) is 16.5. The zero-order valence-electron chi connectivity index (χ0n) is 13.0. The summed E-state index contributed by atoms with van der Waals surface area (Å²) in [5.41, 5.74) is 3.38. The van der Waals surface area contributed by atoms with Crippen molar-refractivity contribution in [2.45, 2.75) is 6.92 Å². The van der Waals surface area contributed by atoms with E-state index in [9.17, 15) is 4.79 Å². The first-order valence-electron chi connectivity index (χ1n) is 7.42. The van der Waals surface area contributed by atoms with Crippen LogP contribution in [0.5, 0.6) is 5.75 Å². The van der Waals surface area contributed by atoms with E-state index in [1.54, 1.807) is 6.21 Å². The number of hydrazone groups is 1. The summed E-state index contributed by atoms with van der Waals surface area (Å²) < 4.78 is 6.35. The van der Waals surface area contributed by atoms with E-state index in [-0.39, 0.29) is 5.91 Å². The third kappa shape index (κ3) is 3.58. The smallest absolute Gasteiger partial charge is 0.283 e. The lowest BCUT2D eigenvalue weighted by molar-refractivity contribution is 0.0959. The van der Waals surface area contributed by atoms with Gasteiger partial charge in [-0.15, -0.1) is 11.3 Å². The van der Waals surface area contributed by atoms with E-state index in [4.69, 9.17) is 16.3 Å². The van der Waals surface area contributed by atoms with Crippen molar-refractivity contribution in [3.63, 3.8) is 0 Å². The molecule has 3 rings (SSSR count). The number of carbonyl (C=O) groups is 1. The Morgan fingerprint density at radius 2 is 2.00 bits per heavy atom. The third-order valence-corrected chi connectivity index (χ3v) is 4.99. The molecule has 0 saturated carbocycles. The van der Waals surface area contributed by atoms with E-state index in [1.807, 2.05) is 55.5 Å². The number of carbonyl (C=O) groups excluding carboxylic acids is 1. The first-order valence-corrected chi connectivity index (χ1v) is 8.61. The largest absolute Gasteiger partial charge is 0.494 e. The van der Waals surface area contributed by atoms with Gasteiger partial charge in [0, 0.05) is 10.1 Å². The minimum atomic E-state index is -0.316. The molecule has 0 bridgehead atoms. The van der Waals surface area contributed by atoms with E-state index in [1.165, 1.54) is 11.3 Å². The molecule has 1 amide bonds. The number of nitrogens with zero attached hydrogens (tertiary/aromatic N) is 1. The van der Waals surface area contributed by atoms with Crippen molar-refractivity contribution in [3.8, 4) is 5.75 Å². The van der Waals surface area contributed by atoms with Gasteiger partial charge in [-0.2, -0.15) is 5.10 Å². The summed E-state index contributed by atoms with van der Waals surface area (Å²) in [5, 5.41) is 5.33. The molecule has 0 radical (unpaired) electrons. The lowest BCUT2D eigenvalue weighted by atomic mass is 10.2. The van der Waals surface area contributed by atoms with Crippen molar-refractivity contribution in [1.82, 2.24) is 5.43 Å². The van der Waals surface area contributed by atoms with Crippen LogP contribution in [0.3, 0.4) is 0 Å². The minimum Gasteiger partial charge on any atom is -0.494 e. The van der Waals surface area contributed by atoms with Gasteiger partial charge in [0.05, 0.1) is 17.8 Å². The third-order valence-electron chi connectivity index (χ3n) is 3.31. The number of rotatable bonds is 5. The molecular formula is C18H15ClN2O2S. The highest BCUT2D eigenvalue weighted by molar-refractivity contribution is 7.21. The van der Waals surface area contributed by atoms with E-state index in [0.29, 0.717) is 16.5 Å². The number of amides is 1. The van der Waals surface area contributed by atoms with Gasteiger partial charge in [0.2, 0.25) is 0 Å². The van der Waals surface area contributed by atoms with Gasteiger partial charge in [0.25, 0.3) is 5.91 Å². The molecule has 3 aromatic rings. The Balaban J connectivity index is 1.69. The standard InChI is InChI=1S/C18H15ClN2O2S/c1-2-23-13-9-7-12(8-10-13)11-20-21-18(22)17-16(19)14-5-3-4-6-15(14)24-17/h3-11H,2H2,1H3,(H,21,22)/b20-11-. The summed E-state index contributed by atoms with van der Waals surface area (Å²) >= 11 is 7.63. The zero-order valence-corrected chi connectivity index (χ0v) is 14.5. The van der Waals surface area contributed by atoms with Gasteiger partial charge in [-0.05, 0) is 42.8 Å². The molecule has 0 saturated heterocycles. The second kappa shape index (κ2) is 7.47. The van der Waals surface area contributed by atoms with Crippen LogP contribution in [0.15, 0.2) is 53.6 Å². The van der Waals surface area contributed by atoms with Crippen LogP contribution in [0.25, 0.3) is 10.1 Å². The van der Waals surface area contributed by atoms with Gasteiger partial charge >= 0.3 is 0 Å². The van der Waals surface area contributed by atoms with Gasteiger partial charge in [-0.1, -0.05) is 29.8 Å². The highest BCUT2D eigenvalue weighted by atomic mass is 35.5. The van der Waals surface area contributed by atoms with Crippen molar-refractivity contribution in [1.29, 1.82) is 0 Å². The topological polar surface area (TPSA) is 50.7 Å². The molecule has 122 valence electrons. The van der Waals surface area contributed by atoms with Gasteiger partial charge in [-0.3, -0.25) is 4.79 Å². The summed E-state index contributed by atoms with van der Waals surface area (Å²) in [6.07, 6.45) is 1.58. The Kier molecular flexibility index (Phi) is 5.13. The average Bonchev–Trinajstić information content (AvgIpc) is 2.94. The highest BCUT2D eigenvalue weighted by Crippen LogP contribution is 2.34. The summed E-state index contributed by atoms with van der Waals surface area (Å²) in [6, 6.07) is 15.1. The summed E-state index contributed by atoms with van der Waals surface area (Å²) in [7, 11) is 0. The minimum absolute atomic E-state index is 0.316. The van der Waals surface area contributed by atoms with Crippen molar-refractivity contribution in [2.75, 3.05) is 6.61 Å². The van der Waals surface area contributed by atoms with Gasteiger partial charge < -0.3 is 4.74 Å². The van der Waals surface area contributed by atoms with Gasteiger partial charge in [0.1, 0.15) is 10.6 Å². The number of thiophene rings is 1. The molecule has 6 heteroatoms. The number of hydrogen-bond donors (Lipinski definition) is 1. The second-order valence-corrected chi connectivity index (χ2v) is 6.37. The summed E-state index contributed by atoms with van der Waals surface area (Å²) in [4.78, 5) is 12.7. The van der Waals surface area contributed by atoms with Crippen molar-refractivity contribution in [3.05, 3.63) is 64.0 Å². The molecular weight excluding hydrogens is 344 g/mol. The van der Waals surface area contributed by atoms with Gasteiger partial charge in [0.15, 0.2) is 0 Å². The van der Waals surface area contributed by atoms with Crippen molar-refractivity contribution >= 4 is 45.1 Å². The number of ether oxygens (including phenoxy) is 1. The molecule has 0 aliphatic heterocycles. The average molecular weight is 359 g/mol. The first-order chi connectivity index (χ1) is 11.7. The fraction of sp³-hybridized carbons (Fsp3) is 0.111. The quantitative estimate of drug-likeness (QED) is 0.530.